The van der Waals surface area contributed by atoms with E-state index >= 15 is 0 Å². The van der Waals surface area contributed by atoms with Crippen molar-refractivity contribution in [3.63, 3.8) is 0 Å². The number of halogens is 1. The summed E-state index contributed by atoms with van der Waals surface area (Å²) in [5.74, 6) is -0.0920. The van der Waals surface area contributed by atoms with Crippen LogP contribution in [0.25, 0.3) is 0 Å². The average Bonchev–Trinajstić information content (AvgIpc) is 2.86. The van der Waals surface area contributed by atoms with Gasteiger partial charge >= 0.3 is 0 Å². The van der Waals surface area contributed by atoms with E-state index < -0.39 is 0 Å². The van der Waals surface area contributed by atoms with E-state index in [0.717, 1.165) is 38.9 Å². The lowest BCUT2D eigenvalue weighted by atomic mass is 9.69. The van der Waals surface area contributed by atoms with Crippen molar-refractivity contribution in [2.75, 3.05) is 39.8 Å². The number of benzene rings is 1. The zero-order valence-corrected chi connectivity index (χ0v) is 22.2. The lowest BCUT2D eigenvalue weighted by molar-refractivity contribution is 0.0165. The maximum atomic E-state index is 14.0. The molecule has 0 radical (unpaired) electrons. The number of rotatable bonds is 4. The predicted molar refractivity (Wildman–Crippen MR) is 138 cm³/mol. The fraction of sp³-hybridized carbons (Fsp3) is 0.714. The van der Waals surface area contributed by atoms with E-state index in [1.165, 1.54) is 48.5 Å². The van der Waals surface area contributed by atoms with Crippen LogP contribution >= 0.6 is 0 Å². The molecule has 186 valence electrons. The Morgan fingerprint density at radius 1 is 1.00 bits per heavy atom. The predicted octanol–water partition coefficient (Wildman–Crippen LogP) is 5.48. The summed E-state index contributed by atoms with van der Waals surface area (Å²) in [6.45, 7) is 18.5. The van der Waals surface area contributed by atoms with Crippen LogP contribution in [0.4, 0.5) is 4.39 Å². The van der Waals surface area contributed by atoms with Gasteiger partial charge in [-0.1, -0.05) is 26.8 Å². The number of hydrogen-bond acceptors (Lipinski definition) is 4. The maximum absolute atomic E-state index is 14.0. The molecule has 0 saturated carbocycles. The van der Waals surface area contributed by atoms with E-state index in [1.54, 1.807) is 12.1 Å². The van der Waals surface area contributed by atoms with Gasteiger partial charge < -0.3 is 15.1 Å². The highest BCUT2D eigenvalue weighted by Gasteiger charge is 2.39. The summed E-state index contributed by atoms with van der Waals surface area (Å²) < 4.78 is 14.0. The summed E-state index contributed by atoms with van der Waals surface area (Å²) in [6.07, 6.45) is 6.36. The molecule has 5 heteroatoms. The number of piperidine rings is 2. The lowest BCUT2D eigenvalue weighted by Crippen LogP contribution is -2.58. The maximum Gasteiger partial charge on any atom is 0.123 e. The Balaban J connectivity index is 0.00000149. The number of allylic oxidation sites excluding steroid dienone is 2. The SMILES string of the molecule is CC.CCC1(c2cc(F)ccc2C)CCN(C2CCN(C3CNC(C)=C(C)N3C)CC2)CC1. The largest absolute Gasteiger partial charge is 0.384 e. The van der Waals surface area contributed by atoms with Gasteiger partial charge in [-0.3, -0.25) is 4.90 Å². The van der Waals surface area contributed by atoms with Gasteiger partial charge in [0.2, 0.25) is 0 Å². The summed E-state index contributed by atoms with van der Waals surface area (Å²) >= 11 is 0. The van der Waals surface area contributed by atoms with Crippen molar-refractivity contribution in [1.29, 1.82) is 0 Å². The van der Waals surface area contributed by atoms with Crippen molar-refractivity contribution >= 4 is 0 Å². The summed E-state index contributed by atoms with van der Waals surface area (Å²) in [5.41, 5.74) is 5.29. The molecule has 1 aromatic rings. The van der Waals surface area contributed by atoms with E-state index in [0.29, 0.717) is 12.2 Å². The molecule has 1 N–H and O–H groups in total. The highest BCUT2D eigenvalue weighted by molar-refractivity contribution is 5.34. The van der Waals surface area contributed by atoms with Crippen molar-refractivity contribution < 1.29 is 4.39 Å². The first-order chi connectivity index (χ1) is 15.8. The molecule has 1 aromatic carbocycles. The van der Waals surface area contributed by atoms with Gasteiger partial charge in [-0.2, -0.15) is 0 Å². The van der Waals surface area contributed by atoms with Crippen LogP contribution in [-0.2, 0) is 5.41 Å². The molecule has 1 unspecified atom stereocenters. The minimum absolute atomic E-state index is 0.0920. The second kappa shape index (κ2) is 11.2. The third-order valence-electron chi connectivity index (χ3n) is 8.71. The van der Waals surface area contributed by atoms with Gasteiger partial charge in [-0.05, 0) is 94.6 Å². The molecular weight excluding hydrogens is 411 g/mol. The van der Waals surface area contributed by atoms with Crippen LogP contribution in [-0.4, -0.2) is 66.7 Å². The van der Waals surface area contributed by atoms with E-state index in [4.69, 9.17) is 0 Å². The Kier molecular flexibility index (Phi) is 8.85. The zero-order valence-electron chi connectivity index (χ0n) is 22.2. The number of nitrogens with one attached hydrogen (secondary N) is 1. The Morgan fingerprint density at radius 2 is 1.64 bits per heavy atom. The molecule has 33 heavy (non-hydrogen) atoms. The molecule has 2 fully saturated rings. The average molecular weight is 459 g/mol. The number of nitrogens with zero attached hydrogens (tertiary/aromatic N) is 3. The smallest absolute Gasteiger partial charge is 0.123 e. The van der Waals surface area contributed by atoms with E-state index in [2.05, 4.69) is 54.8 Å². The molecule has 4 nitrogen and oxygen atoms in total. The number of aryl methyl sites for hydroxylation is 1. The topological polar surface area (TPSA) is 21.8 Å². The molecule has 3 aliphatic heterocycles. The van der Waals surface area contributed by atoms with Crippen molar-refractivity contribution in [3.8, 4) is 0 Å². The molecule has 1 atom stereocenters. The third kappa shape index (κ3) is 5.40. The van der Waals surface area contributed by atoms with E-state index in [1.807, 2.05) is 19.9 Å². The van der Waals surface area contributed by atoms with Gasteiger partial charge in [0.15, 0.2) is 0 Å². The molecule has 0 spiro atoms. The van der Waals surface area contributed by atoms with Crippen LogP contribution in [0.2, 0.25) is 0 Å². The minimum Gasteiger partial charge on any atom is -0.384 e. The molecule has 4 rings (SSSR count). The first-order valence-corrected chi connectivity index (χ1v) is 13.2. The molecule has 0 aliphatic carbocycles. The van der Waals surface area contributed by atoms with Gasteiger partial charge in [-0.15, -0.1) is 0 Å². The highest BCUT2D eigenvalue weighted by atomic mass is 19.1. The summed E-state index contributed by atoms with van der Waals surface area (Å²) in [5, 5.41) is 3.58. The Morgan fingerprint density at radius 3 is 2.24 bits per heavy atom. The Bertz CT molecular complexity index is 804. The third-order valence-corrected chi connectivity index (χ3v) is 8.71. The number of likely N-dealkylation sites (N-methyl/N-ethyl adjacent to an activating group) is 1. The number of hydrogen-bond donors (Lipinski definition) is 1. The van der Waals surface area contributed by atoms with Crippen molar-refractivity contribution in [3.05, 3.63) is 46.5 Å². The number of likely N-dealkylation sites (tertiary alicyclic amines) is 2. The minimum atomic E-state index is -0.0920. The zero-order chi connectivity index (χ0) is 24.2. The van der Waals surface area contributed by atoms with Crippen molar-refractivity contribution in [2.45, 2.75) is 91.3 Å². The van der Waals surface area contributed by atoms with Crippen LogP contribution < -0.4 is 5.32 Å². The fourth-order valence-corrected chi connectivity index (χ4v) is 6.22. The quantitative estimate of drug-likeness (QED) is 0.645. The summed E-state index contributed by atoms with van der Waals surface area (Å²) in [6, 6.07) is 6.06. The highest BCUT2D eigenvalue weighted by Crippen LogP contribution is 2.41. The fourth-order valence-electron chi connectivity index (χ4n) is 6.22. The molecule has 0 aromatic heterocycles. The Labute approximate surface area is 202 Å². The van der Waals surface area contributed by atoms with Crippen LogP contribution in [0.5, 0.6) is 0 Å². The van der Waals surface area contributed by atoms with E-state index in [-0.39, 0.29) is 11.2 Å². The van der Waals surface area contributed by atoms with Gasteiger partial charge in [0.05, 0.1) is 6.17 Å². The first kappa shape index (κ1) is 26.0. The molecule has 0 bridgehead atoms. The second-order valence-corrected chi connectivity index (χ2v) is 10.1. The van der Waals surface area contributed by atoms with E-state index in [9.17, 15) is 4.39 Å². The van der Waals surface area contributed by atoms with Gasteiger partial charge in [0, 0.05) is 44.1 Å². The van der Waals surface area contributed by atoms with Crippen LogP contribution in [0.3, 0.4) is 0 Å². The normalized spacial score (nSPS) is 24.8. The lowest BCUT2D eigenvalue weighted by Gasteiger charge is -2.49. The molecular formula is C28H47FN4. The van der Waals surface area contributed by atoms with Crippen LogP contribution in [0.1, 0.15) is 77.8 Å². The molecule has 3 heterocycles. The standard InChI is InChI=1S/C26H41FN4.C2H6/c1-6-26(24-17-22(27)8-7-19(24)2)11-15-30(16-12-26)23-9-13-31(14-10-23)25-18-28-20(3)21(4)29(25)5;1-2/h7-8,17,23,25,28H,6,9-16,18H2,1-5H3;1-2H3. The van der Waals surface area contributed by atoms with Crippen molar-refractivity contribution in [1.82, 2.24) is 20.0 Å². The first-order valence-electron chi connectivity index (χ1n) is 13.2. The second-order valence-electron chi connectivity index (χ2n) is 10.1. The van der Waals surface area contributed by atoms with Crippen molar-refractivity contribution in [2.24, 2.45) is 0 Å². The molecule has 2 saturated heterocycles. The van der Waals surface area contributed by atoms with Crippen LogP contribution in [0, 0.1) is 12.7 Å². The van der Waals surface area contributed by atoms with Gasteiger partial charge in [0.25, 0.3) is 0 Å². The van der Waals surface area contributed by atoms with Gasteiger partial charge in [0.1, 0.15) is 5.82 Å². The van der Waals surface area contributed by atoms with Crippen LogP contribution in [0.15, 0.2) is 29.6 Å². The molecule has 0 amide bonds. The summed E-state index contributed by atoms with van der Waals surface area (Å²) in [7, 11) is 2.24. The monoisotopic (exact) mass is 458 g/mol. The summed E-state index contributed by atoms with van der Waals surface area (Å²) in [4.78, 5) is 7.85. The Hall–Kier alpha value is -1.59. The molecule has 3 aliphatic rings. The van der Waals surface area contributed by atoms with Gasteiger partial charge in [-0.25, -0.2) is 4.39 Å².